The van der Waals surface area contributed by atoms with Crippen molar-refractivity contribution < 1.29 is 0 Å². The van der Waals surface area contributed by atoms with Gasteiger partial charge in [-0.15, -0.1) is 0 Å². The van der Waals surface area contributed by atoms with E-state index in [1.165, 1.54) is 31.2 Å². The summed E-state index contributed by atoms with van der Waals surface area (Å²) in [5, 5.41) is 0. The molecule has 1 atom stereocenters. The van der Waals surface area contributed by atoms with E-state index in [1.807, 2.05) is 18.5 Å². The third-order valence-corrected chi connectivity index (χ3v) is 4.58. The molecule has 0 saturated heterocycles. The van der Waals surface area contributed by atoms with Gasteiger partial charge in [0.1, 0.15) is 0 Å². The molecule has 0 amide bonds. The van der Waals surface area contributed by atoms with E-state index in [0.717, 1.165) is 13.1 Å². The fraction of sp³-hybridized carbons (Fsp3) is 0.667. The Kier molecular flexibility index (Phi) is 4.91. The van der Waals surface area contributed by atoms with Gasteiger partial charge in [-0.05, 0) is 37.6 Å². The summed E-state index contributed by atoms with van der Waals surface area (Å²) in [6.07, 6.45) is 8.74. The molecule has 0 radical (unpaired) electrons. The number of likely N-dealkylation sites (N-methyl/N-ethyl adjacent to an activating group) is 1. The number of nitrogens with two attached hydrogens (primary N) is 1. The van der Waals surface area contributed by atoms with Crippen molar-refractivity contribution in [1.29, 1.82) is 0 Å². The number of rotatable bonds is 6. The lowest BCUT2D eigenvalue weighted by Crippen LogP contribution is -2.56. The Balaban J connectivity index is 2.36. The first-order valence-corrected chi connectivity index (χ1v) is 7.39. The molecule has 4 nitrogen and oxygen atoms in total. The van der Waals surface area contributed by atoms with Gasteiger partial charge in [-0.3, -0.25) is 21.2 Å². The van der Waals surface area contributed by atoms with E-state index in [-0.39, 0.29) is 11.6 Å². The molecule has 3 N–H and O–H groups in total. The van der Waals surface area contributed by atoms with Crippen molar-refractivity contribution in [2.24, 2.45) is 5.84 Å². The van der Waals surface area contributed by atoms with Gasteiger partial charge in [-0.2, -0.15) is 0 Å². The second kappa shape index (κ2) is 6.46. The van der Waals surface area contributed by atoms with Crippen molar-refractivity contribution in [2.45, 2.75) is 51.1 Å². The average Bonchev–Trinajstić information content (AvgIpc) is 2.92. The second-order valence-electron chi connectivity index (χ2n) is 5.37. The molecule has 1 aliphatic rings. The Labute approximate surface area is 116 Å². The van der Waals surface area contributed by atoms with Crippen molar-refractivity contribution in [3.05, 3.63) is 30.1 Å². The third-order valence-electron chi connectivity index (χ3n) is 4.58. The quantitative estimate of drug-likeness (QED) is 0.610. The first kappa shape index (κ1) is 14.4. The lowest BCUT2D eigenvalue weighted by atomic mass is 9.82. The molecule has 0 aliphatic heterocycles. The topological polar surface area (TPSA) is 54.2 Å². The van der Waals surface area contributed by atoms with Gasteiger partial charge in [0.05, 0.1) is 6.04 Å². The van der Waals surface area contributed by atoms with Crippen molar-refractivity contribution in [3.8, 4) is 0 Å². The van der Waals surface area contributed by atoms with Crippen LogP contribution in [-0.4, -0.2) is 28.5 Å². The second-order valence-corrected chi connectivity index (χ2v) is 5.37. The van der Waals surface area contributed by atoms with Gasteiger partial charge >= 0.3 is 0 Å². The Bertz CT molecular complexity index is 369. The summed E-state index contributed by atoms with van der Waals surface area (Å²) >= 11 is 0. The standard InChI is InChI=1S/C15H26N4/c1-3-19(4-2)15(9-5-6-10-15)14(18-16)13-8-7-11-17-12-13/h7-8,11-12,14,18H,3-6,9-10,16H2,1-2H3. The first-order chi connectivity index (χ1) is 9.28. The lowest BCUT2D eigenvalue weighted by Gasteiger charge is -2.46. The molecule has 19 heavy (non-hydrogen) atoms. The van der Waals surface area contributed by atoms with Gasteiger partial charge in [0.2, 0.25) is 0 Å². The summed E-state index contributed by atoms with van der Waals surface area (Å²) in [6.45, 7) is 6.60. The number of pyridine rings is 1. The Hall–Kier alpha value is -0.970. The van der Waals surface area contributed by atoms with Gasteiger partial charge in [-0.25, -0.2) is 0 Å². The number of hydrazine groups is 1. The zero-order valence-electron chi connectivity index (χ0n) is 12.1. The van der Waals surface area contributed by atoms with Crippen LogP contribution in [0, 0.1) is 0 Å². The van der Waals surface area contributed by atoms with Crippen LogP contribution in [-0.2, 0) is 0 Å². The van der Waals surface area contributed by atoms with E-state index in [9.17, 15) is 0 Å². The van der Waals surface area contributed by atoms with E-state index >= 15 is 0 Å². The monoisotopic (exact) mass is 262 g/mol. The molecule has 0 aromatic carbocycles. The molecule has 0 spiro atoms. The lowest BCUT2D eigenvalue weighted by molar-refractivity contribution is 0.0625. The van der Waals surface area contributed by atoms with Crippen LogP contribution < -0.4 is 11.3 Å². The smallest absolute Gasteiger partial charge is 0.0658 e. The van der Waals surface area contributed by atoms with Crippen molar-refractivity contribution in [3.63, 3.8) is 0 Å². The molecule has 106 valence electrons. The molecule has 1 fully saturated rings. The molecule has 1 unspecified atom stereocenters. The predicted octanol–water partition coefficient (Wildman–Crippen LogP) is 2.24. The fourth-order valence-electron chi connectivity index (χ4n) is 3.74. The molecule has 1 aromatic heterocycles. The van der Waals surface area contributed by atoms with Crippen LogP contribution in [0.3, 0.4) is 0 Å². The maximum Gasteiger partial charge on any atom is 0.0658 e. The zero-order chi connectivity index (χ0) is 13.7. The fourth-order valence-corrected chi connectivity index (χ4v) is 3.74. The van der Waals surface area contributed by atoms with Crippen LogP contribution >= 0.6 is 0 Å². The van der Waals surface area contributed by atoms with Crippen molar-refractivity contribution in [2.75, 3.05) is 13.1 Å². The number of nitrogens with zero attached hydrogens (tertiary/aromatic N) is 2. The summed E-state index contributed by atoms with van der Waals surface area (Å²) in [5.41, 5.74) is 4.40. The molecular formula is C15H26N4. The third kappa shape index (κ3) is 2.66. The first-order valence-electron chi connectivity index (χ1n) is 7.39. The molecule has 1 heterocycles. The summed E-state index contributed by atoms with van der Waals surface area (Å²) in [4.78, 5) is 6.82. The van der Waals surface area contributed by atoms with E-state index in [0.29, 0.717) is 0 Å². The van der Waals surface area contributed by atoms with E-state index < -0.39 is 0 Å². The summed E-state index contributed by atoms with van der Waals surface area (Å²) < 4.78 is 0. The van der Waals surface area contributed by atoms with Crippen LogP contribution in [0.15, 0.2) is 24.5 Å². The Morgan fingerprint density at radius 2 is 2.05 bits per heavy atom. The van der Waals surface area contributed by atoms with Crippen LogP contribution in [0.5, 0.6) is 0 Å². The number of hydrogen-bond donors (Lipinski definition) is 2. The Morgan fingerprint density at radius 1 is 1.37 bits per heavy atom. The predicted molar refractivity (Wildman–Crippen MR) is 78.4 cm³/mol. The number of aromatic nitrogens is 1. The highest BCUT2D eigenvalue weighted by Gasteiger charge is 2.45. The van der Waals surface area contributed by atoms with Crippen molar-refractivity contribution >= 4 is 0 Å². The number of nitrogens with one attached hydrogen (secondary N) is 1. The largest absolute Gasteiger partial charge is 0.296 e. The molecule has 1 aromatic rings. The van der Waals surface area contributed by atoms with Crippen LogP contribution in [0.25, 0.3) is 0 Å². The van der Waals surface area contributed by atoms with Gasteiger partial charge in [0, 0.05) is 17.9 Å². The molecular weight excluding hydrogens is 236 g/mol. The minimum atomic E-state index is 0.140. The minimum Gasteiger partial charge on any atom is -0.296 e. The summed E-state index contributed by atoms with van der Waals surface area (Å²) in [7, 11) is 0. The van der Waals surface area contributed by atoms with Crippen molar-refractivity contribution in [1.82, 2.24) is 15.3 Å². The van der Waals surface area contributed by atoms with Crippen LogP contribution in [0.1, 0.15) is 51.1 Å². The maximum absolute atomic E-state index is 5.91. The van der Waals surface area contributed by atoms with E-state index in [1.54, 1.807) is 0 Å². The van der Waals surface area contributed by atoms with Crippen LogP contribution in [0.2, 0.25) is 0 Å². The Morgan fingerprint density at radius 3 is 2.53 bits per heavy atom. The molecule has 1 saturated carbocycles. The highest BCUT2D eigenvalue weighted by Crippen LogP contribution is 2.43. The van der Waals surface area contributed by atoms with E-state index in [4.69, 9.17) is 5.84 Å². The maximum atomic E-state index is 5.91. The van der Waals surface area contributed by atoms with Gasteiger partial charge < -0.3 is 0 Å². The molecule has 0 bridgehead atoms. The average molecular weight is 262 g/mol. The SMILES string of the molecule is CCN(CC)C1(C(NN)c2cccnc2)CCCC1. The highest BCUT2D eigenvalue weighted by molar-refractivity contribution is 5.21. The van der Waals surface area contributed by atoms with Crippen LogP contribution in [0.4, 0.5) is 0 Å². The summed E-state index contributed by atoms with van der Waals surface area (Å²) in [6, 6.07) is 4.27. The molecule has 1 aliphatic carbocycles. The van der Waals surface area contributed by atoms with Gasteiger partial charge in [-0.1, -0.05) is 32.8 Å². The normalized spacial score (nSPS) is 19.8. The molecule has 2 rings (SSSR count). The number of hydrogen-bond acceptors (Lipinski definition) is 4. The van der Waals surface area contributed by atoms with Gasteiger partial charge in [0.25, 0.3) is 0 Å². The highest BCUT2D eigenvalue weighted by atomic mass is 15.3. The zero-order valence-corrected chi connectivity index (χ0v) is 12.1. The van der Waals surface area contributed by atoms with Gasteiger partial charge in [0.15, 0.2) is 0 Å². The minimum absolute atomic E-state index is 0.140. The summed E-state index contributed by atoms with van der Waals surface area (Å²) in [5.74, 6) is 5.91. The van der Waals surface area contributed by atoms with E-state index in [2.05, 4.69) is 35.2 Å². The molecule has 4 heteroatoms.